The molecule has 2 N–H and O–H groups in total. The summed E-state index contributed by atoms with van der Waals surface area (Å²) < 4.78 is 43.2. The van der Waals surface area contributed by atoms with Crippen LogP contribution < -0.4 is 10.2 Å². The SMILES string of the molecule is O=C(NCC(F)(F)F)C1=CC(CN2C(=O)N(c3ccc(-c4cn[nH]c4)cc3)CC23CCOCC3)=CCC1. The summed E-state index contributed by atoms with van der Waals surface area (Å²) in [7, 11) is 0. The Hall–Kier alpha value is -3.60. The number of anilines is 1. The van der Waals surface area contributed by atoms with Crippen LogP contribution in [0.4, 0.5) is 23.7 Å². The summed E-state index contributed by atoms with van der Waals surface area (Å²) in [5.41, 5.74) is 3.33. The molecule has 11 heteroatoms. The van der Waals surface area contributed by atoms with Gasteiger partial charge in [-0.1, -0.05) is 18.2 Å². The van der Waals surface area contributed by atoms with Crippen molar-refractivity contribution in [1.29, 1.82) is 0 Å². The van der Waals surface area contributed by atoms with Crippen LogP contribution in [-0.4, -0.2) is 71.6 Å². The number of nitrogens with one attached hydrogen (secondary N) is 2. The van der Waals surface area contributed by atoms with Crippen molar-refractivity contribution in [3.05, 3.63) is 60.0 Å². The Labute approximate surface area is 212 Å². The van der Waals surface area contributed by atoms with Gasteiger partial charge in [0.25, 0.3) is 0 Å². The zero-order valence-corrected chi connectivity index (χ0v) is 20.2. The van der Waals surface area contributed by atoms with Gasteiger partial charge in [0.05, 0.1) is 18.3 Å². The average molecular weight is 516 g/mol. The normalized spacial score (nSPS) is 19.7. The second kappa shape index (κ2) is 10.0. The van der Waals surface area contributed by atoms with E-state index in [4.69, 9.17) is 4.74 Å². The number of rotatable bonds is 6. The Bertz CT molecular complexity index is 1200. The number of urea groups is 1. The van der Waals surface area contributed by atoms with Crippen molar-refractivity contribution >= 4 is 17.6 Å². The topological polar surface area (TPSA) is 90.6 Å². The number of carbonyl (C=O) groups is 2. The van der Waals surface area contributed by atoms with Crippen molar-refractivity contribution in [2.45, 2.75) is 37.4 Å². The smallest absolute Gasteiger partial charge is 0.381 e. The maximum atomic E-state index is 13.7. The Morgan fingerprint density at radius 2 is 1.92 bits per heavy atom. The van der Waals surface area contributed by atoms with Gasteiger partial charge in [-0.15, -0.1) is 0 Å². The molecule has 2 fully saturated rings. The first kappa shape index (κ1) is 25.1. The lowest BCUT2D eigenvalue weighted by molar-refractivity contribution is -0.136. The summed E-state index contributed by atoms with van der Waals surface area (Å²) in [4.78, 5) is 29.7. The number of nitrogens with zero attached hydrogens (tertiary/aromatic N) is 3. The van der Waals surface area contributed by atoms with Crippen molar-refractivity contribution in [1.82, 2.24) is 20.4 Å². The number of amides is 3. The maximum absolute atomic E-state index is 13.7. The van der Waals surface area contributed by atoms with E-state index in [1.165, 1.54) is 0 Å². The molecular weight excluding hydrogens is 487 g/mol. The molecule has 1 spiro atoms. The van der Waals surface area contributed by atoms with E-state index in [0.29, 0.717) is 51.0 Å². The van der Waals surface area contributed by atoms with Crippen LogP contribution in [0.2, 0.25) is 0 Å². The van der Waals surface area contributed by atoms with Crippen molar-refractivity contribution < 1.29 is 27.5 Å². The summed E-state index contributed by atoms with van der Waals surface area (Å²) in [6.07, 6.45) is 4.88. The van der Waals surface area contributed by atoms with Crippen molar-refractivity contribution in [3.8, 4) is 11.1 Å². The molecule has 1 aliphatic carbocycles. The number of aromatic amines is 1. The van der Waals surface area contributed by atoms with Crippen LogP contribution in [0.5, 0.6) is 0 Å². The van der Waals surface area contributed by atoms with Gasteiger partial charge in [0, 0.05) is 42.8 Å². The number of alkyl halides is 3. The molecule has 196 valence electrons. The first-order valence-electron chi connectivity index (χ1n) is 12.2. The minimum atomic E-state index is -4.47. The second-order valence-electron chi connectivity index (χ2n) is 9.61. The van der Waals surface area contributed by atoms with E-state index in [9.17, 15) is 22.8 Å². The van der Waals surface area contributed by atoms with Crippen LogP contribution in [0.25, 0.3) is 11.1 Å². The van der Waals surface area contributed by atoms with Gasteiger partial charge in [-0.05, 0) is 55.0 Å². The number of ether oxygens (including phenoxy) is 1. The molecule has 1 aromatic carbocycles. The highest BCUT2D eigenvalue weighted by Gasteiger charge is 2.50. The first-order valence-corrected chi connectivity index (χ1v) is 12.2. The minimum absolute atomic E-state index is 0.138. The lowest BCUT2D eigenvalue weighted by Gasteiger charge is -2.40. The summed E-state index contributed by atoms with van der Waals surface area (Å²) in [5.74, 6) is -0.726. The molecule has 3 heterocycles. The molecule has 5 rings (SSSR count). The van der Waals surface area contributed by atoms with Gasteiger partial charge < -0.3 is 15.0 Å². The van der Waals surface area contributed by atoms with E-state index in [0.717, 1.165) is 22.4 Å². The van der Waals surface area contributed by atoms with E-state index in [1.807, 2.05) is 40.6 Å². The molecule has 2 saturated heterocycles. The molecule has 37 heavy (non-hydrogen) atoms. The molecule has 1 aromatic heterocycles. The van der Waals surface area contributed by atoms with Crippen LogP contribution in [-0.2, 0) is 9.53 Å². The summed E-state index contributed by atoms with van der Waals surface area (Å²) >= 11 is 0. The quantitative estimate of drug-likeness (QED) is 0.604. The Morgan fingerprint density at radius 1 is 1.16 bits per heavy atom. The van der Waals surface area contributed by atoms with Crippen molar-refractivity contribution in [2.24, 2.45) is 0 Å². The highest BCUT2D eigenvalue weighted by atomic mass is 19.4. The highest BCUT2D eigenvalue weighted by molar-refractivity contribution is 5.96. The minimum Gasteiger partial charge on any atom is -0.381 e. The summed E-state index contributed by atoms with van der Waals surface area (Å²) in [5, 5.41) is 8.72. The summed E-state index contributed by atoms with van der Waals surface area (Å²) in [6, 6.07) is 7.59. The zero-order valence-electron chi connectivity index (χ0n) is 20.2. The molecule has 2 aliphatic heterocycles. The van der Waals surface area contributed by atoms with Gasteiger partial charge in [0.2, 0.25) is 5.91 Å². The van der Waals surface area contributed by atoms with Crippen LogP contribution in [0, 0.1) is 0 Å². The fourth-order valence-corrected chi connectivity index (χ4v) is 5.19. The van der Waals surface area contributed by atoms with E-state index in [1.54, 1.807) is 23.4 Å². The lowest BCUT2D eigenvalue weighted by Crippen LogP contribution is -2.51. The van der Waals surface area contributed by atoms with Gasteiger partial charge in [-0.3, -0.25) is 14.8 Å². The summed E-state index contributed by atoms with van der Waals surface area (Å²) in [6.45, 7) is 0.493. The average Bonchev–Trinajstić information content (AvgIpc) is 3.52. The molecule has 0 unspecified atom stereocenters. The molecular formula is C26H28F3N5O3. The molecule has 0 radical (unpaired) electrons. The number of aromatic nitrogens is 2. The number of halogens is 3. The standard InChI is InChI=1S/C26H28F3N5O3/c27-26(28,29)16-30-23(35)20-3-1-2-18(12-20)15-34-24(36)33(17-25(34)8-10-37-11-9-25)22-6-4-19(5-7-22)21-13-31-32-14-21/h2,4-7,12-14H,1,3,8-11,15-17H2,(H,30,35)(H,31,32). The first-order chi connectivity index (χ1) is 17.7. The van der Waals surface area contributed by atoms with E-state index in [2.05, 4.69) is 10.2 Å². The monoisotopic (exact) mass is 515 g/mol. The van der Waals surface area contributed by atoms with Gasteiger partial charge in [0.15, 0.2) is 0 Å². The Morgan fingerprint density at radius 3 is 2.59 bits per heavy atom. The van der Waals surface area contributed by atoms with Crippen LogP contribution in [0.3, 0.4) is 0 Å². The lowest BCUT2D eigenvalue weighted by atomic mass is 9.88. The molecule has 8 nitrogen and oxygen atoms in total. The van der Waals surface area contributed by atoms with Gasteiger partial charge in [0.1, 0.15) is 6.54 Å². The van der Waals surface area contributed by atoms with Crippen LogP contribution in [0.1, 0.15) is 25.7 Å². The molecule has 0 atom stereocenters. The predicted octanol–water partition coefficient (Wildman–Crippen LogP) is 4.19. The number of hydrogen-bond donors (Lipinski definition) is 2. The molecule has 0 bridgehead atoms. The van der Waals surface area contributed by atoms with Crippen LogP contribution in [0.15, 0.2) is 60.0 Å². The van der Waals surface area contributed by atoms with Crippen molar-refractivity contribution in [2.75, 3.05) is 37.7 Å². The number of hydrogen-bond acceptors (Lipinski definition) is 4. The third-order valence-electron chi connectivity index (χ3n) is 7.18. The molecule has 3 amide bonds. The molecule has 2 aromatic rings. The fraction of sp³-hybridized carbons (Fsp3) is 0.423. The second-order valence-corrected chi connectivity index (χ2v) is 9.61. The van der Waals surface area contributed by atoms with E-state index < -0.39 is 24.2 Å². The zero-order chi connectivity index (χ0) is 26.0. The van der Waals surface area contributed by atoms with E-state index in [-0.39, 0.29) is 12.6 Å². The van der Waals surface area contributed by atoms with Crippen molar-refractivity contribution in [3.63, 3.8) is 0 Å². The third-order valence-corrected chi connectivity index (χ3v) is 7.18. The molecule has 0 saturated carbocycles. The number of H-pyrrole nitrogens is 1. The fourth-order valence-electron chi connectivity index (χ4n) is 5.19. The number of carbonyl (C=O) groups excluding carboxylic acids is 2. The highest BCUT2D eigenvalue weighted by Crippen LogP contribution is 2.39. The number of benzene rings is 1. The predicted molar refractivity (Wildman–Crippen MR) is 131 cm³/mol. The Balaban J connectivity index is 1.35. The van der Waals surface area contributed by atoms with E-state index >= 15 is 0 Å². The Kier molecular flexibility index (Phi) is 6.80. The third kappa shape index (κ3) is 5.41. The maximum Gasteiger partial charge on any atom is 0.405 e. The van der Waals surface area contributed by atoms with Gasteiger partial charge >= 0.3 is 12.2 Å². The molecule has 3 aliphatic rings. The number of allylic oxidation sites excluding steroid dienone is 1. The van der Waals surface area contributed by atoms with Crippen LogP contribution >= 0.6 is 0 Å². The largest absolute Gasteiger partial charge is 0.405 e. The van der Waals surface area contributed by atoms with Gasteiger partial charge in [-0.2, -0.15) is 18.3 Å². The van der Waals surface area contributed by atoms with Gasteiger partial charge in [-0.25, -0.2) is 4.79 Å².